The molecule has 0 saturated heterocycles. The van der Waals surface area contributed by atoms with Crippen LogP contribution in [0.25, 0.3) is 0 Å². The van der Waals surface area contributed by atoms with E-state index in [9.17, 15) is 4.79 Å². The molecule has 0 bridgehead atoms. The molecule has 4 heteroatoms. The van der Waals surface area contributed by atoms with E-state index in [0.717, 1.165) is 18.4 Å². The molecule has 1 unspecified atom stereocenters. The lowest BCUT2D eigenvalue weighted by atomic mass is 10.0. The molecule has 0 aliphatic carbocycles. The monoisotopic (exact) mass is 231 g/mol. The van der Waals surface area contributed by atoms with Gasteiger partial charge in [-0.1, -0.05) is 13.3 Å². The first kappa shape index (κ1) is 13.2. The number of nitriles is 1. The highest BCUT2D eigenvalue weighted by molar-refractivity contribution is 5.80. The van der Waals surface area contributed by atoms with Gasteiger partial charge in [0.2, 0.25) is 5.91 Å². The van der Waals surface area contributed by atoms with Gasteiger partial charge < -0.3 is 5.32 Å². The fourth-order valence-corrected chi connectivity index (χ4v) is 1.55. The normalized spacial score (nSPS) is 11.5. The Hall–Kier alpha value is -1.89. The largest absolute Gasteiger partial charge is 0.355 e. The minimum atomic E-state index is -0.516. The van der Waals surface area contributed by atoms with Gasteiger partial charge in [-0.3, -0.25) is 9.78 Å². The zero-order valence-electron chi connectivity index (χ0n) is 10.0. The van der Waals surface area contributed by atoms with Crippen LogP contribution < -0.4 is 5.32 Å². The maximum atomic E-state index is 11.6. The van der Waals surface area contributed by atoms with Gasteiger partial charge in [-0.25, -0.2) is 0 Å². The van der Waals surface area contributed by atoms with Crippen molar-refractivity contribution >= 4 is 5.91 Å². The molecule has 0 spiro atoms. The molecule has 1 N–H and O–H groups in total. The third-order valence-electron chi connectivity index (χ3n) is 2.51. The summed E-state index contributed by atoms with van der Waals surface area (Å²) in [5, 5.41) is 11.6. The number of aromatic nitrogens is 1. The molecule has 1 aromatic heterocycles. The molecule has 1 heterocycles. The molecule has 1 atom stereocenters. The molecule has 0 fully saturated rings. The molecule has 1 rings (SSSR count). The molecular weight excluding hydrogens is 214 g/mol. The molecule has 0 radical (unpaired) electrons. The lowest BCUT2D eigenvalue weighted by molar-refractivity contribution is -0.123. The standard InChI is InChI=1S/C13H17N3O/c1-2-3-12(10-14)13(17)16-9-6-11-4-7-15-8-5-11/h4-5,7-8,12H,2-3,6,9H2,1H3,(H,16,17). The van der Waals surface area contributed by atoms with Crippen molar-refractivity contribution in [2.45, 2.75) is 26.2 Å². The first-order valence-electron chi connectivity index (χ1n) is 5.84. The van der Waals surface area contributed by atoms with Gasteiger partial charge >= 0.3 is 0 Å². The number of rotatable bonds is 6. The number of nitrogens with zero attached hydrogens (tertiary/aromatic N) is 2. The average Bonchev–Trinajstić information content (AvgIpc) is 2.37. The summed E-state index contributed by atoms with van der Waals surface area (Å²) in [6, 6.07) is 5.86. The second-order valence-corrected chi connectivity index (χ2v) is 3.87. The minimum Gasteiger partial charge on any atom is -0.355 e. The van der Waals surface area contributed by atoms with Crippen molar-refractivity contribution in [2.24, 2.45) is 5.92 Å². The molecule has 17 heavy (non-hydrogen) atoms. The third kappa shape index (κ3) is 4.64. The Bertz CT molecular complexity index is 383. The zero-order valence-corrected chi connectivity index (χ0v) is 10.0. The number of hydrogen-bond acceptors (Lipinski definition) is 3. The SMILES string of the molecule is CCCC(C#N)C(=O)NCCc1ccncc1. The van der Waals surface area contributed by atoms with Crippen molar-refractivity contribution < 1.29 is 4.79 Å². The quantitative estimate of drug-likeness (QED) is 0.810. The average molecular weight is 231 g/mol. The maximum absolute atomic E-state index is 11.6. The Kier molecular flexibility index (Phi) is 5.73. The van der Waals surface area contributed by atoms with Gasteiger partial charge in [0.15, 0.2) is 0 Å². The van der Waals surface area contributed by atoms with Crippen LogP contribution in [0.5, 0.6) is 0 Å². The lowest BCUT2D eigenvalue weighted by Gasteiger charge is -2.08. The molecular formula is C13H17N3O. The second-order valence-electron chi connectivity index (χ2n) is 3.87. The van der Waals surface area contributed by atoms with Crippen LogP contribution in [0.2, 0.25) is 0 Å². The van der Waals surface area contributed by atoms with Gasteiger partial charge in [-0.2, -0.15) is 5.26 Å². The highest BCUT2D eigenvalue weighted by Gasteiger charge is 2.15. The molecule has 90 valence electrons. The number of nitrogens with one attached hydrogen (secondary N) is 1. The summed E-state index contributed by atoms with van der Waals surface area (Å²) in [5.74, 6) is -0.680. The van der Waals surface area contributed by atoms with Crippen LogP contribution in [0.4, 0.5) is 0 Å². The van der Waals surface area contributed by atoms with E-state index in [1.165, 1.54) is 0 Å². The Balaban J connectivity index is 2.31. The fraction of sp³-hybridized carbons (Fsp3) is 0.462. The van der Waals surface area contributed by atoms with Crippen molar-refractivity contribution in [3.63, 3.8) is 0 Å². The summed E-state index contributed by atoms with van der Waals surface area (Å²) in [4.78, 5) is 15.5. The van der Waals surface area contributed by atoms with E-state index in [2.05, 4.69) is 10.3 Å². The summed E-state index contributed by atoms with van der Waals surface area (Å²) in [6.45, 7) is 2.53. The predicted molar refractivity (Wildman–Crippen MR) is 65.0 cm³/mol. The Morgan fingerprint density at radius 2 is 2.24 bits per heavy atom. The summed E-state index contributed by atoms with van der Waals surface area (Å²) >= 11 is 0. The third-order valence-corrected chi connectivity index (χ3v) is 2.51. The van der Waals surface area contributed by atoms with Gasteiger partial charge in [0.1, 0.15) is 5.92 Å². The van der Waals surface area contributed by atoms with E-state index in [1.807, 2.05) is 25.1 Å². The summed E-state index contributed by atoms with van der Waals surface area (Å²) in [5.41, 5.74) is 1.13. The molecule has 0 aliphatic rings. The van der Waals surface area contributed by atoms with Gasteiger partial charge in [0, 0.05) is 18.9 Å². The van der Waals surface area contributed by atoms with Crippen LogP contribution in [0, 0.1) is 17.2 Å². The van der Waals surface area contributed by atoms with Crippen LogP contribution in [0.3, 0.4) is 0 Å². The molecule has 0 aliphatic heterocycles. The van der Waals surface area contributed by atoms with Crippen LogP contribution in [-0.4, -0.2) is 17.4 Å². The number of amides is 1. The Labute approximate surface area is 102 Å². The van der Waals surface area contributed by atoms with Crippen LogP contribution in [0.15, 0.2) is 24.5 Å². The zero-order chi connectivity index (χ0) is 12.5. The summed E-state index contributed by atoms with van der Waals surface area (Å²) in [6.07, 6.45) is 5.69. The van der Waals surface area contributed by atoms with Crippen molar-refractivity contribution in [3.05, 3.63) is 30.1 Å². The lowest BCUT2D eigenvalue weighted by Crippen LogP contribution is -2.31. The van der Waals surface area contributed by atoms with Crippen molar-refractivity contribution in [1.29, 1.82) is 5.26 Å². The molecule has 4 nitrogen and oxygen atoms in total. The molecule has 0 aromatic carbocycles. The summed E-state index contributed by atoms with van der Waals surface area (Å²) in [7, 11) is 0. The van der Waals surface area contributed by atoms with E-state index in [0.29, 0.717) is 13.0 Å². The van der Waals surface area contributed by atoms with E-state index < -0.39 is 5.92 Å². The van der Waals surface area contributed by atoms with E-state index in [1.54, 1.807) is 12.4 Å². The molecule has 1 amide bonds. The van der Waals surface area contributed by atoms with E-state index in [4.69, 9.17) is 5.26 Å². The number of carbonyl (C=O) groups excluding carboxylic acids is 1. The van der Waals surface area contributed by atoms with Gasteiger partial charge in [-0.15, -0.1) is 0 Å². The maximum Gasteiger partial charge on any atom is 0.237 e. The fourth-order valence-electron chi connectivity index (χ4n) is 1.55. The Morgan fingerprint density at radius 1 is 1.53 bits per heavy atom. The topological polar surface area (TPSA) is 65.8 Å². The van der Waals surface area contributed by atoms with Gasteiger partial charge in [0.25, 0.3) is 0 Å². The molecule has 0 saturated carbocycles. The predicted octanol–water partition coefficient (Wildman–Crippen LogP) is 1.68. The van der Waals surface area contributed by atoms with Crippen LogP contribution >= 0.6 is 0 Å². The van der Waals surface area contributed by atoms with Crippen molar-refractivity contribution in [3.8, 4) is 6.07 Å². The van der Waals surface area contributed by atoms with Crippen molar-refractivity contribution in [1.82, 2.24) is 10.3 Å². The number of hydrogen-bond donors (Lipinski definition) is 1. The highest BCUT2D eigenvalue weighted by Crippen LogP contribution is 2.04. The van der Waals surface area contributed by atoms with Gasteiger partial charge in [0.05, 0.1) is 6.07 Å². The first-order chi connectivity index (χ1) is 8.27. The Morgan fingerprint density at radius 3 is 2.82 bits per heavy atom. The minimum absolute atomic E-state index is 0.164. The van der Waals surface area contributed by atoms with Crippen LogP contribution in [-0.2, 0) is 11.2 Å². The second kappa shape index (κ2) is 7.39. The number of carbonyl (C=O) groups is 1. The number of pyridine rings is 1. The van der Waals surface area contributed by atoms with Crippen molar-refractivity contribution in [2.75, 3.05) is 6.54 Å². The highest BCUT2D eigenvalue weighted by atomic mass is 16.1. The summed E-state index contributed by atoms with van der Waals surface area (Å²) < 4.78 is 0. The molecule has 1 aromatic rings. The van der Waals surface area contributed by atoms with Crippen LogP contribution in [0.1, 0.15) is 25.3 Å². The smallest absolute Gasteiger partial charge is 0.237 e. The van der Waals surface area contributed by atoms with E-state index in [-0.39, 0.29) is 5.91 Å². The first-order valence-corrected chi connectivity index (χ1v) is 5.84. The van der Waals surface area contributed by atoms with E-state index >= 15 is 0 Å². The van der Waals surface area contributed by atoms with Gasteiger partial charge in [-0.05, 0) is 30.5 Å².